The molecule has 0 atom stereocenters. The number of rotatable bonds is 10. The van der Waals surface area contributed by atoms with Gasteiger partial charge < -0.3 is 15.5 Å². The molecular formula is C23H35IN4O2S. The molecule has 0 heterocycles. The first-order valence-corrected chi connectivity index (χ1v) is 12.4. The molecule has 0 aromatic heterocycles. The molecule has 31 heavy (non-hydrogen) atoms. The lowest BCUT2D eigenvalue weighted by Crippen LogP contribution is -2.42. The zero-order chi connectivity index (χ0) is 22.0. The second-order valence-electron chi connectivity index (χ2n) is 7.22. The van der Waals surface area contributed by atoms with Crippen molar-refractivity contribution in [1.29, 1.82) is 0 Å². The highest BCUT2D eigenvalue weighted by atomic mass is 127. The number of para-hydroxylation sites is 1. The molecule has 0 fully saturated rings. The second kappa shape index (κ2) is 13.6. The molecule has 2 N–H and O–H groups in total. The molecule has 6 nitrogen and oxygen atoms in total. The number of aliphatic imine (C=N–C) groups is 1. The number of hydrogen-bond acceptors (Lipinski definition) is 4. The Balaban J connectivity index is 0.00000480. The summed E-state index contributed by atoms with van der Waals surface area (Å²) in [5, 5.41) is 6.69. The van der Waals surface area contributed by atoms with Crippen molar-refractivity contribution in [2.75, 3.05) is 43.9 Å². The molecule has 0 unspecified atom stereocenters. The van der Waals surface area contributed by atoms with Crippen molar-refractivity contribution in [2.24, 2.45) is 4.99 Å². The lowest BCUT2D eigenvalue weighted by molar-refractivity contribution is 0.602. The highest BCUT2D eigenvalue weighted by molar-refractivity contribution is 14.0. The van der Waals surface area contributed by atoms with Crippen molar-refractivity contribution in [3.05, 3.63) is 59.7 Å². The maximum absolute atomic E-state index is 11.6. The van der Waals surface area contributed by atoms with Crippen LogP contribution in [-0.2, 0) is 16.3 Å². The van der Waals surface area contributed by atoms with Gasteiger partial charge in [0.2, 0.25) is 0 Å². The Kier molecular flexibility index (Phi) is 11.9. The van der Waals surface area contributed by atoms with Crippen LogP contribution in [-0.4, -0.2) is 53.4 Å². The molecule has 0 aliphatic rings. The lowest BCUT2D eigenvalue weighted by atomic mass is 10.1. The fraction of sp³-hybridized carbons (Fsp3) is 0.435. The van der Waals surface area contributed by atoms with Crippen LogP contribution in [0.15, 0.2) is 58.4 Å². The maximum atomic E-state index is 11.6. The molecular weight excluding hydrogens is 523 g/mol. The molecule has 0 aliphatic carbocycles. The first-order chi connectivity index (χ1) is 14.3. The average molecular weight is 559 g/mol. The quantitative estimate of drug-likeness (QED) is 0.265. The summed E-state index contributed by atoms with van der Waals surface area (Å²) in [7, 11) is -3.15. The normalized spacial score (nSPS) is 11.5. The summed E-state index contributed by atoms with van der Waals surface area (Å²) >= 11 is 0. The van der Waals surface area contributed by atoms with E-state index in [0.29, 0.717) is 11.4 Å². The zero-order valence-electron chi connectivity index (χ0n) is 18.9. The largest absolute Gasteiger partial charge is 0.370 e. The Morgan fingerprint density at radius 3 is 2.29 bits per heavy atom. The predicted octanol–water partition coefficient (Wildman–Crippen LogP) is 3.64. The number of nitrogens with one attached hydrogen (secondary N) is 2. The molecule has 0 bridgehead atoms. The molecule has 8 heteroatoms. The van der Waals surface area contributed by atoms with Crippen LogP contribution in [0.2, 0.25) is 0 Å². The van der Waals surface area contributed by atoms with Gasteiger partial charge in [-0.2, -0.15) is 0 Å². The summed E-state index contributed by atoms with van der Waals surface area (Å²) in [5.41, 5.74) is 3.61. The monoisotopic (exact) mass is 558 g/mol. The van der Waals surface area contributed by atoms with Gasteiger partial charge in [-0.15, -0.1) is 24.0 Å². The van der Waals surface area contributed by atoms with E-state index in [1.165, 1.54) is 17.5 Å². The van der Waals surface area contributed by atoms with Gasteiger partial charge in [0.15, 0.2) is 15.8 Å². The number of anilines is 1. The van der Waals surface area contributed by atoms with E-state index in [2.05, 4.69) is 58.6 Å². The van der Waals surface area contributed by atoms with Gasteiger partial charge in [0.05, 0.1) is 4.90 Å². The molecule has 172 valence electrons. The fourth-order valence-electron chi connectivity index (χ4n) is 3.22. The molecule has 0 amide bonds. The van der Waals surface area contributed by atoms with E-state index in [1.54, 1.807) is 12.1 Å². The number of sulfone groups is 1. The van der Waals surface area contributed by atoms with Crippen LogP contribution in [0.25, 0.3) is 0 Å². The molecule has 2 rings (SSSR count). The number of nitrogens with zero attached hydrogens (tertiary/aromatic N) is 2. The molecule has 0 spiro atoms. The fourth-order valence-corrected chi connectivity index (χ4v) is 3.85. The molecule has 0 saturated heterocycles. The van der Waals surface area contributed by atoms with E-state index in [9.17, 15) is 8.42 Å². The minimum Gasteiger partial charge on any atom is -0.370 e. The van der Waals surface area contributed by atoms with Gasteiger partial charge in [0.1, 0.15) is 0 Å². The summed E-state index contributed by atoms with van der Waals surface area (Å²) in [6.07, 6.45) is 1.98. The Morgan fingerprint density at radius 2 is 1.71 bits per heavy atom. The van der Waals surface area contributed by atoms with Gasteiger partial charge in [-0.1, -0.05) is 30.3 Å². The molecule has 0 saturated carbocycles. The molecule has 2 aromatic carbocycles. The SMILES string of the molecule is CCNC(=NCCc1ccc(S(C)(=O)=O)cc1)NCCN(CC)c1ccccc1C.I. The van der Waals surface area contributed by atoms with Crippen molar-refractivity contribution >= 4 is 45.5 Å². The third-order valence-corrected chi connectivity index (χ3v) is 6.01. The molecule has 0 radical (unpaired) electrons. The zero-order valence-corrected chi connectivity index (χ0v) is 22.0. The van der Waals surface area contributed by atoms with Gasteiger partial charge in [-0.05, 0) is 56.5 Å². The summed E-state index contributed by atoms with van der Waals surface area (Å²) in [6, 6.07) is 15.5. The summed E-state index contributed by atoms with van der Waals surface area (Å²) < 4.78 is 23.1. The number of aryl methyl sites for hydroxylation is 1. The van der Waals surface area contributed by atoms with E-state index < -0.39 is 9.84 Å². The number of benzene rings is 2. The molecule has 0 aliphatic heterocycles. The molecule has 2 aromatic rings. The smallest absolute Gasteiger partial charge is 0.191 e. The Morgan fingerprint density at radius 1 is 1.03 bits per heavy atom. The number of guanidine groups is 1. The van der Waals surface area contributed by atoms with Gasteiger partial charge >= 0.3 is 0 Å². The maximum Gasteiger partial charge on any atom is 0.191 e. The van der Waals surface area contributed by atoms with Crippen LogP contribution in [0.3, 0.4) is 0 Å². The van der Waals surface area contributed by atoms with E-state index in [-0.39, 0.29) is 24.0 Å². The topological polar surface area (TPSA) is 73.8 Å². The highest BCUT2D eigenvalue weighted by Crippen LogP contribution is 2.18. The van der Waals surface area contributed by atoms with Crippen molar-refractivity contribution in [3.63, 3.8) is 0 Å². The Labute approximate surface area is 204 Å². The van der Waals surface area contributed by atoms with E-state index in [4.69, 9.17) is 0 Å². The van der Waals surface area contributed by atoms with Crippen molar-refractivity contribution in [3.8, 4) is 0 Å². The average Bonchev–Trinajstić information content (AvgIpc) is 2.71. The summed E-state index contributed by atoms with van der Waals surface area (Å²) in [6.45, 7) is 10.4. The third-order valence-electron chi connectivity index (χ3n) is 4.88. The highest BCUT2D eigenvalue weighted by Gasteiger charge is 2.08. The van der Waals surface area contributed by atoms with Crippen LogP contribution in [0.4, 0.5) is 5.69 Å². The summed E-state index contributed by atoms with van der Waals surface area (Å²) in [5.74, 6) is 0.797. The van der Waals surface area contributed by atoms with Crippen molar-refractivity contribution < 1.29 is 8.42 Å². The minimum absolute atomic E-state index is 0. The predicted molar refractivity (Wildman–Crippen MR) is 142 cm³/mol. The number of likely N-dealkylation sites (N-methyl/N-ethyl adjacent to an activating group) is 1. The van der Waals surface area contributed by atoms with Crippen LogP contribution in [0.5, 0.6) is 0 Å². The Hall–Kier alpha value is -1.81. The number of hydrogen-bond donors (Lipinski definition) is 2. The second-order valence-corrected chi connectivity index (χ2v) is 9.24. The van der Waals surface area contributed by atoms with E-state index in [0.717, 1.165) is 44.1 Å². The van der Waals surface area contributed by atoms with Gasteiger partial charge in [-0.3, -0.25) is 4.99 Å². The standard InChI is InChI=1S/C23H34N4O2S.HI/c1-5-24-23(25-16-15-20-11-13-21(14-12-20)30(4,28)29)26-17-18-27(6-2)22-10-8-7-9-19(22)3;/h7-14H,5-6,15-18H2,1-4H3,(H2,24,25,26);1H. The van der Waals surface area contributed by atoms with Crippen molar-refractivity contribution in [1.82, 2.24) is 10.6 Å². The first-order valence-electron chi connectivity index (χ1n) is 10.5. The van der Waals surface area contributed by atoms with Crippen LogP contribution in [0.1, 0.15) is 25.0 Å². The summed E-state index contributed by atoms with van der Waals surface area (Å²) in [4.78, 5) is 7.35. The van der Waals surface area contributed by atoms with E-state index in [1.807, 2.05) is 19.1 Å². The van der Waals surface area contributed by atoms with Gasteiger partial charge in [-0.25, -0.2) is 8.42 Å². The first kappa shape index (κ1) is 27.2. The Bertz CT molecular complexity index is 931. The van der Waals surface area contributed by atoms with Crippen LogP contribution < -0.4 is 15.5 Å². The lowest BCUT2D eigenvalue weighted by Gasteiger charge is -2.25. The van der Waals surface area contributed by atoms with Crippen molar-refractivity contribution in [2.45, 2.75) is 32.1 Å². The van der Waals surface area contributed by atoms with E-state index >= 15 is 0 Å². The van der Waals surface area contributed by atoms with Crippen LogP contribution >= 0.6 is 24.0 Å². The van der Waals surface area contributed by atoms with Gasteiger partial charge in [0.25, 0.3) is 0 Å². The minimum atomic E-state index is -3.15. The number of halogens is 1. The van der Waals surface area contributed by atoms with Crippen LogP contribution in [0, 0.1) is 6.92 Å². The van der Waals surface area contributed by atoms with Gasteiger partial charge in [0, 0.05) is 44.7 Å². The third kappa shape index (κ3) is 9.06.